The van der Waals surface area contributed by atoms with Crippen molar-refractivity contribution in [2.24, 2.45) is 5.92 Å². The van der Waals surface area contributed by atoms with Gasteiger partial charge in [0.25, 0.3) is 6.01 Å². The molecule has 2 heterocycles. The lowest BCUT2D eigenvalue weighted by Crippen LogP contribution is -2.26. The molecule has 1 aromatic heterocycles. The summed E-state index contributed by atoms with van der Waals surface area (Å²) in [4.78, 5) is 6.76. The van der Waals surface area contributed by atoms with E-state index in [1.54, 1.807) is 0 Å². The van der Waals surface area contributed by atoms with Crippen LogP contribution in [-0.4, -0.2) is 17.6 Å². The van der Waals surface area contributed by atoms with Gasteiger partial charge in [-0.1, -0.05) is 6.92 Å². The summed E-state index contributed by atoms with van der Waals surface area (Å²) in [5.74, 6) is 0.699. The smallest absolute Gasteiger partial charge is 0.298 e. The molecule has 0 spiro atoms. The molecular formula is C13H17N3O. The first-order valence-electron chi connectivity index (χ1n) is 6.06. The first kappa shape index (κ1) is 10.4. The van der Waals surface area contributed by atoms with Crippen LogP contribution >= 0.6 is 0 Å². The highest BCUT2D eigenvalue weighted by Gasteiger charge is 2.29. The van der Waals surface area contributed by atoms with Crippen molar-refractivity contribution in [2.75, 3.05) is 17.2 Å². The highest BCUT2D eigenvalue weighted by molar-refractivity contribution is 5.78. The first-order valence-corrected chi connectivity index (χ1v) is 6.06. The van der Waals surface area contributed by atoms with Crippen LogP contribution in [0.15, 0.2) is 22.6 Å². The lowest BCUT2D eigenvalue weighted by Gasteiger charge is -2.18. The lowest BCUT2D eigenvalue weighted by atomic mass is 10.1. The summed E-state index contributed by atoms with van der Waals surface area (Å²) in [5, 5.41) is 0. The van der Waals surface area contributed by atoms with Crippen LogP contribution in [0.4, 0.5) is 11.7 Å². The standard InChI is InChI=1S/C13H17N3O/c1-8-5-9(2)16(7-8)13-15-11-6-10(14)3-4-12(11)17-13/h3-4,6,8-9H,5,7,14H2,1-2H3. The minimum atomic E-state index is 0.496. The first-order chi connectivity index (χ1) is 8.13. The monoisotopic (exact) mass is 231 g/mol. The fourth-order valence-corrected chi connectivity index (χ4v) is 2.62. The van der Waals surface area contributed by atoms with E-state index >= 15 is 0 Å². The number of nitrogens with zero attached hydrogens (tertiary/aromatic N) is 2. The molecule has 0 bridgehead atoms. The quantitative estimate of drug-likeness (QED) is 0.766. The van der Waals surface area contributed by atoms with Crippen molar-refractivity contribution in [3.05, 3.63) is 18.2 Å². The van der Waals surface area contributed by atoms with Crippen LogP contribution < -0.4 is 10.6 Å². The summed E-state index contributed by atoms with van der Waals surface area (Å²) in [7, 11) is 0. The number of hydrogen-bond acceptors (Lipinski definition) is 4. The van der Waals surface area contributed by atoms with Gasteiger partial charge in [0.05, 0.1) is 0 Å². The molecule has 0 aliphatic carbocycles. The van der Waals surface area contributed by atoms with Gasteiger partial charge in [-0.2, -0.15) is 4.98 Å². The Bertz CT molecular complexity index is 549. The maximum atomic E-state index is 5.78. The zero-order chi connectivity index (χ0) is 12.0. The van der Waals surface area contributed by atoms with Crippen molar-refractivity contribution < 1.29 is 4.42 Å². The van der Waals surface area contributed by atoms with Gasteiger partial charge >= 0.3 is 0 Å². The second kappa shape index (κ2) is 3.65. The van der Waals surface area contributed by atoms with E-state index in [9.17, 15) is 0 Å². The summed E-state index contributed by atoms with van der Waals surface area (Å²) in [6, 6.07) is 6.79. The molecule has 1 aliphatic heterocycles. The van der Waals surface area contributed by atoms with Gasteiger partial charge in [-0.15, -0.1) is 0 Å². The SMILES string of the molecule is CC1CC(C)N(c2nc3cc(N)ccc3o2)C1. The van der Waals surface area contributed by atoms with E-state index in [2.05, 4.69) is 23.7 Å². The van der Waals surface area contributed by atoms with Gasteiger partial charge in [-0.25, -0.2) is 0 Å². The molecule has 0 saturated carbocycles. The van der Waals surface area contributed by atoms with Crippen LogP contribution in [-0.2, 0) is 0 Å². The van der Waals surface area contributed by atoms with E-state index < -0.39 is 0 Å². The summed E-state index contributed by atoms with van der Waals surface area (Å²) in [5.41, 5.74) is 8.11. The van der Waals surface area contributed by atoms with Gasteiger partial charge in [0.2, 0.25) is 0 Å². The molecule has 2 atom stereocenters. The number of benzene rings is 1. The Hall–Kier alpha value is -1.71. The lowest BCUT2D eigenvalue weighted by molar-refractivity contribution is 0.561. The van der Waals surface area contributed by atoms with Crippen LogP contribution in [0, 0.1) is 5.92 Å². The van der Waals surface area contributed by atoms with Crippen LogP contribution in [0.3, 0.4) is 0 Å². The number of oxazole rings is 1. The van der Waals surface area contributed by atoms with Crippen molar-refractivity contribution in [2.45, 2.75) is 26.3 Å². The van der Waals surface area contributed by atoms with E-state index in [4.69, 9.17) is 10.2 Å². The van der Waals surface area contributed by atoms with Gasteiger partial charge in [0, 0.05) is 18.3 Å². The Morgan fingerprint density at radius 3 is 2.94 bits per heavy atom. The highest BCUT2D eigenvalue weighted by Crippen LogP contribution is 2.30. The Balaban J connectivity index is 2.01. The molecule has 4 heteroatoms. The molecule has 0 amide bonds. The highest BCUT2D eigenvalue weighted by atomic mass is 16.4. The third-order valence-corrected chi connectivity index (χ3v) is 3.43. The fourth-order valence-electron chi connectivity index (χ4n) is 2.62. The van der Waals surface area contributed by atoms with Crippen molar-refractivity contribution in [1.82, 2.24) is 4.98 Å². The fraction of sp³-hybridized carbons (Fsp3) is 0.462. The number of hydrogen-bond donors (Lipinski definition) is 1. The van der Waals surface area contributed by atoms with E-state index in [1.165, 1.54) is 6.42 Å². The average Bonchev–Trinajstić information content (AvgIpc) is 2.80. The second-order valence-corrected chi connectivity index (χ2v) is 5.07. The van der Waals surface area contributed by atoms with Crippen molar-refractivity contribution in [3.63, 3.8) is 0 Å². The van der Waals surface area contributed by atoms with E-state index in [0.717, 1.165) is 29.3 Å². The number of nitrogen functional groups attached to an aromatic ring is 1. The molecule has 1 aromatic carbocycles. The molecule has 2 aromatic rings. The van der Waals surface area contributed by atoms with Gasteiger partial charge in [0.15, 0.2) is 5.58 Å². The predicted octanol–water partition coefficient (Wildman–Crippen LogP) is 2.64. The third-order valence-electron chi connectivity index (χ3n) is 3.43. The van der Waals surface area contributed by atoms with Crippen molar-refractivity contribution in [3.8, 4) is 0 Å². The minimum Gasteiger partial charge on any atom is -0.423 e. The van der Waals surface area contributed by atoms with Crippen LogP contribution in [0.25, 0.3) is 11.1 Å². The van der Waals surface area contributed by atoms with Gasteiger partial charge in [0.1, 0.15) is 5.52 Å². The van der Waals surface area contributed by atoms with Gasteiger partial charge in [-0.3, -0.25) is 0 Å². The Morgan fingerprint density at radius 2 is 2.24 bits per heavy atom. The number of anilines is 2. The molecule has 17 heavy (non-hydrogen) atoms. The zero-order valence-corrected chi connectivity index (χ0v) is 10.2. The maximum absolute atomic E-state index is 5.78. The number of rotatable bonds is 1. The molecule has 0 radical (unpaired) electrons. The summed E-state index contributed by atoms with van der Waals surface area (Å²) in [6.45, 7) is 5.49. The van der Waals surface area contributed by atoms with Crippen LogP contribution in [0.1, 0.15) is 20.3 Å². The third kappa shape index (κ3) is 1.73. The van der Waals surface area contributed by atoms with Crippen LogP contribution in [0.5, 0.6) is 0 Å². The molecule has 4 nitrogen and oxygen atoms in total. The summed E-state index contributed by atoms with van der Waals surface area (Å²) >= 11 is 0. The maximum Gasteiger partial charge on any atom is 0.298 e. The van der Waals surface area contributed by atoms with Gasteiger partial charge in [-0.05, 0) is 37.5 Å². The largest absolute Gasteiger partial charge is 0.423 e. The Morgan fingerprint density at radius 1 is 1.41 bits per heavy atom. The molecule has 2 N–H and O–H groups in total. The average molecular weight is 231 g/mol. The van der Waals surface area contributed by atoms with Crippen LogP contribution in [0.2, 0.25) is 0 Å². The normalized spacial score (nSPS) is 24.7. The van der Waals surface area contributed by atoms with E-state index in [-0.39, 0.29) is 0 Å². The minimum absolute atomic E-state index is 0.496. The van der Waals surface area contributed by atoms with Gasteiger partial charge < -0.3 is 15.1 Å². The number of aromatic nitrogens is 1. The zero-order valence-electron chi connectivity index (χ0n) is 10.2. The molecule has 3 rings (SSSR count). The molecular weight excluding hydrogens is 214 g/mol. The summed E-state index contributed by atoms with van der Waals surface area (Å²) < 4.78 is 5.78. The number of nitrogens with two attached hydrogens (primary N) is 1. The Labute approximate surface area is 100 Å². The molecule has 2 unspecified atom stereocenters. The Kier molecular flexibility index (Phi) is 2.24. The summed E-state index contributed by atoms with van der Waals surface area (Å²) in [6.07, 6.45) is 1.20. The predicted molar refractivity (Wildman–Crippen MR) is 69.0 cm³/mol. The molecule has 1 aliphatic rings. The molecule has 1 fully saturated rings. The number of fused-ring (bicyclic) bond motifs is 1. The topological polar surface area (TPSA) is 55.3 Å². The van der Waals surface area contributed by atoms with Crippen molar-refractivity contribution >= 4 is 22.8 Å². The molecule has 1 saturated heterocycles. The second-order valence-electron chi connectivity index (χ2n) is 5.07. The van der Waals surface area contributed by atoms with Crippen molar-refractivity contribution in [1.29, 1.82) is 0 Å². The molecule has 90 valence electrons. The van der Waals surface area contributed by atoms with E-state index in [0.29, 0.717) is 12.0 Å². The van der Waals surface area contributed by atoms with E-state index in [1.807, 2.05) is 18.2 Å².